The lowest BCUT2D eigenvalue weighted by atomic mass is 10.1. The lowest BCUT2D eigenvalue weighted by molar-refractivity contribution is -0.274. The Kier molecular flexibility index (Phi) is 6.71. The fourth-order valence-electron chi connectivity index (χ4n) is 2.35. The van der Waals surface area contributed by atoms with Crippen LogP contribution in [0, 0.1) is 0 Å². The molecule has 10 nitrogen and oxygen atoms in total. The van der Waals surface area contributed by atoms with Gasteiger partial charge in [0.15, 0.2) is 5.75 Å². The van der Waals surface area contributed by atoms with E-state index in [-0.39, 0.29) is 27.4 Å². The number of pyridine rings is 1. The summed E-state index contributed by atoms with van der Waals surface area (Å²) in [5.74, 6) is -2.73. The molecule has 32 heavy (non-hydrogen) atoms. The Labute approximate surface area is 191 Å². The first-order valence-corrected chi connectivity index (χ1v) is 9.34. The van der Waals surface area contributed by atoms with Crippen LogP contribution >= 0.6 is 34.8 Å². The standard InChI is InChI=1S/C16H9Cl3F3N7O3/c1-29-15(26-27-28-29)25-14(31)7-2-3-8(32-16(20,21)22)12(11(7)19)24-13(30)6-4-9(17)23-10(18)5-6/h2-5H,1H3,(H,24,30)(H,25,26,28,31). The van der Waals surface area contributed by atoms with Crippen molar-refractivity contribution in [3.63, 3.8) is 0 Å². The average molecular weight is 511 g/mol. The van der Waals surface area contributed by atoms with Crippen LogP contribution in [0.1, 0.15) is 20.7 Å². The Hall–Kier alpha value is -3.16. The third-order valence-electron chi connectivity index (χ3n) is 3.68. The van der Waals surface area contributed by atoms with Crippen molar-refractivity contribution in [2.75, 3.05) is 10.6 Å². The minimum absolute atomic E-state index is 0.0617. The second kappa shape index (κ2) is 9.14. The molecular weight excluding hydrogens is 502 g/mol. The largest absolute Gasteiger partial charge is 0.573 e. The SMILES string of the molecule is Cn1nnnc1NC(=O)c1ccc(OC(F)(F)F)c(NC(=O)c2cc(Cl)nc(Cl)c2)c1Cl. The van der Waals surface area contributed by atoms with Crippen molar-refractivity contribution in [1.82, 2.24) is 25.2 Å². The van der Waals surface area contributed by atoms with E-state index < -0.39 is 34.6 Å². The molecule has 2 heterocycles. The minimum Gasteiger partial charge on any atom is -0.404 e. The van der Waals surface area contributed by atoms with Gasteiger partial charge in [-0.25, -0.2) is 9.67 Å². The fraction of sp³-hybridized carbons (Fsp3) is 0.125. The molecule has 0 saturated carbocycles. The zero-order valence-corrected chi connectivity index (χ0v) is 17.8. The molecule has 1 aromatic carbocycles. The van der Waals surface area contributed by atoms with Gasteiger partial charge in [0, 0.05) is 12.6 Å². The van der Waals surface area contributed by atoms with Gasteiger partial charge in [-0.1, -0.05) is 39.9 Å². The van der Waals surface area contributed by atoms with E-state index in [9.17, 15) is 22.8 Å². The summed E-state index contributed by atoms with van der Waals surface area (Å²) in [6, 6.07) is 4.03. The first-order chi connectivity index (χ1) is 14.9. The second-order valence-electron chi connectivity index (χ2n) is 5.88. The van der Waals surface area contributed by atoms with E-state index in [1.165, 1.54) is 7.05 Å². The van der Waals surface area contributed by atoms with Crippen molar-refractivity contribution in [1.29, 1.82) is 0 Å². The van der Waals surface area contributed by atoms with Gasteiger partial charge in [-0.05, 0) is 34.7 Å². The summed E-state index contributed by atoms with van der Waals surface area (Å²) in [5.41, 5.74) is -1.06. The highest BCUT2D eigenvalue weighted by atomic mass is 35.5. The summed E-state index contributed by atoms with van der Waals surface area (Å²) >= 11 is 17.7. The molecule has 0 aliphatic rings. The van der Waals surface area contributed by atoms with Gasteiger partial charge in [-0.2, -0.15) is 0 Å². The number of carbonyl (C=O) groups excluding carboxylic acids is 2. The van der Waals surface area contributed by atoms with E-state index in [1.54, 1.807) is 0 Å². The number of tetrazole rings is 1. The maximum Gasteiger partial charge on any atom is 0.573 e. The molecule has 168 valence electrons. The molecule has 2 aromatic heterocycles. The Bertz CT molecular complexity index is 1180. The van der Waals surface area contributed by atoms with Crippen LogP contribution in [0.4, 0.5) is 24.8 Å². The second-order valence-corrected chi connectivity index (χ2v) is 7.04. The van der Waals surface area contributed by atoms with Gasteiger partial charge in [0.25, 0.3) is 11.8 Å². The normalized spacial score (nSPS) is 11.2. The number of hydrogen-bond acceptors (Lipinski definition) is 7. The molecule has 3 aromatic rings. The Morgan fingerprint density at radius 1 is 1.06 bits per heavy atom. The highest BCUT2D eigenvalue weighted by Crippen LogP contribution is 2.38. The molecule has 3 rings (SSSR count). The molecule has 0 atom stereocenters. The lowest BCUT2D eigenvalue weighted by Crippen LogP contribution is -2.21. The molecule has 16 heteroatoms. The zero-order valence-electron chi connectivity index (χ0n) is 15.5. The average Bonchev–Trinajstić information content (AvgIpc) is 3.07. The Balaban J connectivity index is 2.00. The van der Waals surface area contributed by atoms with Crippen LogP contribution < -0.4 is 15.4 Å². The van der Waals surface area contributed by atoms with Crippen molar-refractivity contribution >= 4 is 58.3 Å². The van der Waals surface area contributed by atoms with Gasteiger partial charge in [0.05, 0.1) is 10.6 Å². The number of hydrogen-bond donors (Lipinski definition) is 2. The van der Waals surface area contributed by atoms with Gasteiger partial charge < -0.3 is 10.1 Å². The van der Waals surface area contributed by atoms with Crippen LogP contribution in [0.25, 0.3) is 0 Å². The molecule has 0 fully saturated rings. The Morgan fingerprint density at radius 2 is 1.72 bits per heavy atom. The zero-order chi connectivity index (χ0) is 23.6. The number of anilines is 2. The molecular formula is C16H9Cl3F3N7O3. The summed E-state index contributed by atoms with van der Waals surface area (Å²) in [7, 11) is 1.44. The van der Waals surface area contributed by atoms with Crippen molar-refractivity contribution in [3.05, 3.63) is 50.7 Å². The first-order valence-electron chi connectivity index (χ1n) is 8.21. The number of aryl methyl sites for hydroxylation is 1. The third kappa shape index (κ3) is 5.55. The maximum atomic E-state index is 12.8. The van der Waals surface area contributed by atoms with E-state index >= 15 is 0 Å². The molecule has 0 aliphatic carbocycles. The smallest absolute Gasteiger partial charge is 0.404 e. The minimum atomic E-state index is -5.11. The van der Waals surface area contributed by atoms with Crippen LogP contribution in [0.5, 0.6) is 5.75 Å². The molecule has 0 aliphatic heterocycles. The van der Waals surface area contributed by atoms with E-state index in [0.717, 1.165) is 28.9 Å². The summed E-state index contributed by atoms with van der Waals surface area (Å²) in [5, 5.41) is 14.1. The monoisotopic (exact) mass is 509 g/mol. The van der Waals surface area contributed by atoms with Crippen LogP contribution in [-0.2, 0) is 7.05 Å². The Morgan fingerprint density at radius 3 is 2.28 bits per heavy atom. The number of amides is 2. The van der Waals surface area contributed by atoms with E-state index in [4.69, 9.17) is 34.8 Å². The first kappa shape index (κ1) is 23.5. The highest BCUT2D eigenvalue weighted by molar-refractivity contribution is 6.38. The van der Waals surface area contributed by atoms with Gasteiger partial charge in [0.2, 0.25) is 5.95 Å². The predicted molar refractivity (Wildman–Crippen MR) is 107 cm³/mol. The van der Waals surface area contributed by atoms with Gasteiger partial charge in [-0.15, -0.1) is 13.2 Å². The number of halogens is 6. The molecule has 0 radical (unpaired) electrons. The number of nitrogens with one attached hydrogen (secondary N) is 2. The number of aromatic nitrogens is 5. The van der Waals surface area contributed by atoms with E-state index in [0.29, 0.717) is 0 Å². The molecule has 0 unspecified atom stereocenters. The van der Waals surface area contributed by atoms with Crippen LogP contribution in [-0.4, -0.2) is 43.4 Å². The molecule has 0 bridgehead atoms. The van der Waals surface area contributed by atoms with E-state index in [2.05, 4.69) is 35.9 Å². The molecule has 2 amide bonds. The quantitative estimate of drug-likeness (QED) is 0.498. The predicted octanol–water partition coefficient (Wildman–Crippen LogP) is 3.97. The summed E-state index contributed by atoms with van der Waals surface area (Å²) < 4.78 is 43.6. The van der Waals surface area contributed by atoms with Gasteiger partial charge in [-0.3, -0.25) is 14.9 Å². The fourth-order valence-corrected chi connectivity index (χ4v) is 3.10. The number of alkyl halides is 3. The number of rotatable bonds is 5. The number of carbonyl (C=O) groups is 2. The molecule has 0 saturated heterocycles. The number of nitrogens with zero attached hydrogens (tertiary/aromatic N) is 5. The lowest BCUT2D eigenvalue weighted by Gasteiger charge is -2.17. The van der Waals surface area contributed by atoms with Crippen LogP contribution in [0.3, 0.4) is 0 Å². The molecule has 2 N–H and O–H groups in total. The van der Waals surface area contributed by atoms with Crippen molar-refractivity contribution in [2.45, 2.75) is 6.36 Å². The number of benzene rings is 1. The topological polar surface area (TPSA) is 124 Å². The highest BCUT2D eigenvalue weighted by Gasteiger charge is 2.34. The summed E-state index contributed by atoms with van der Waals surface area (Å²) in [6.45, 7) is 0. The van der Waals surface area contributed by atoms with Crippen molar-refractivity contribution < 1.29 is 27.5 Å². The van der Waals surface area contributed by atoms with Crippen LogP contribution in [0.2, 0.25) is 15.3 Å². The van der Waals surface area contributed by atoms with E-state index in [1.807, 2.05) is 0 Å². The third-order valence-corrected chi connectivity index (χ3v) is 4.46. The number of ether oxygens (including phenoxy) is 1. The van der Waals surface area contributed by atoms with Crippen molar-refractivity contribution in [2.24, 2.45) is 7.05 Å². The van der Waals surface area contributed by atoms with Crippen molar-refractivity contribution in [3.8, 4) is 5.75 Å². The maximum absolute atomic E-state index is 12.8. The van der Waals surface area contributed by atoms with Gasteiger partial charge >= 0.3 is 6.36 Å². The molecule has 0 spiro atoms. The van der Waals surface area contributed by atoms with Crippen LogP contribution in [0.15, 0.2) is 24.3 Å². The van der Waals surface area contributed by atoms with Gasteiger partial charge in [0.1, 0.15) is 16.0 Å². The summed E-state index contributed by atoms with van der Waals surface area (Å²) in [6.07, 6.45) is -5.11. The summed E-state index contributed by atoms with van der Waals surface area (Å²) in [4.78, 5) is 28.8.